The standard InChI is InChI=1S/C11H13O/c1-8-10(7-12)3-2-4-11(8)9-5-6-9/h2-4,7,9,12H,5-6H2,1H3. The summed E-state index contributed by atoms with van der Waals surface area (Å²) in [5, 5.41) is 8.92. The number of hydrogen-bond donors (Lipinski definition) is 1. The first-order chi connectivity index (χ1) is 5.83. The minimum Gasteiger partial charge on any atom is -0.385 e. The highest BCUT2D eigenvalue weighted by molar-refractivity contribution is 5.40. The fourth-order valence-electron chi connectivity index (χ4n) is 1.65. The van der Waals surface area contributed by atoms with Gasteiger partial charge in [0.05, 0.1) is 0 Å². The Labute approximate surface area is 73.0 Å². The molecule has 0 unspecified atom stereocenters. The first-order valence-electron chi connectivity index (χ1n) is 4.40. The van der Waals surface area contributed by atoms with Crippen molar-refractivity contribution in [3.8, 4) is 0 Å². The molecule has 1 heteroatoms. The maximum absolute atomic E-state index is 8.92. The van der Waals surface area contributed by atoms with Crippen molar-refractivity contribution in [3.63, 3.8) is 0 Å². The summed E-state index contributed by atoms with van der Waals surface area (Å²) in [5.74, 6) is 0.768. The summed E-state index contributed by atoms with van der Waals surface area (Å²) in [6.07, 6.45) is 2.63. The van der Waals surface area contributed by atoms with Crippen molar-refractivity contribution >= 4 is 0 Å². The molecule has 1 fully saturated rings. The highest BCUT2D eigenvalue weighted by Gasteiger charge is 2.25. The molecule has 0 aromatic heterocycles. The van der Waals surface area contributed by atoms with Gasteiger partial charge in [0.25, 0.3) is 0 Å². The van der Waals surface area contributed by atoms with E-state index in [4.69, 9.17) is 5.11 Å². The van der Waals surface area contributed by atoms with Crippen LogP contribution >= 0.6 is 0 Å². The van der Waals surface area contributed by atoms with E-state index in [1.165, 1.54) is 30.6 Å². The molecule has 1 aliphatic carbocycles. The number of aliphatic hydroxyl groups excluding tert-OH is 1. The molecule has 0 bridgehead atoms. The van der Waals surface area contributed by atoms with Gasteiger partial charge < -0.3 is 5.11 Å². The molecular formula is C11H13O. The van der Waals surface area contributed by atoms with Crippen LogP contribution in [0.15, 0.2) is 18.2 Å². The van der Waals surface area contributed by atoms with Crippen LogP contribution in [0.1, 0.15) is 35.4 Å². The Morgan fingerprint density at radius 1 is 1.42 bits per heavy atom. The first kappa shape index (κ1) is 7.81. The Morgan fingerprint density at radius 3 is 2.75 bits per heavy atom. The van der Waals surface area contributed by atoms with E-state index in [9.17, 15) is 0 Å². The largest absolute Gasteiger partial charge is 0.385 e. The first-order valence-corrected chi connectivity index (χ1v) is 4.40. The Balaban J connectivity index is 2.40. The Hall–Kier alpha value is -0.820. The van der Waals surface area contributed by atoms with Crippen molar-refractivity contribution in [1.82, 2.24) is 0 Å². The Bertz CT molecular complexity index is 287. The van der Waals surface area contributed by atoms with Crippen LogP contribution in [0, 0.1) is 13.5 Å². The smallest absolute Gasteiger partial charge is 0.109 e. The van der Waals surface area contributed by atoms with Crippen molar-refractivity contribution in [2.45, 2.75) is 25.7 Å². The molecule has 1 saturated carbocycles. The zero-order valence-corrected chi connectivity index (χ0v) is 7.25. The number of hydrogen-bond acceptors (Lipinski definition) is 1. The van der Waals surface area contributed by atoms with Crippen LogP contribution in [0.3, 0.4) is 0 Å². The zero-order valence-electron chi connectivity index (χ0n) is 7.25. The fraction of sp³-hybridized carbons (Fsp3) is 0.364. The lowest BCUT2D eigenvalue weighted by atomic mass is 10.00. The maximum Gasteiger partial charge on any atom is 0.109 e. The molecule has 0 saturated heterocycles. The van der Waals surface area contributed by atoms with Crippen LogP contribution in [-0.2, 0) is 0 Å². The summed E-state index contributed by atoms with van der Waals surface area (Å²) in [7, 11) is 0. The van der Waals surface area contributed by atoms with Crippen LogP contribution in [0.4, 0.5) is 0 Å². The third-order valence-corrected chi connectivity index (χ3v) is 2.57. The summed E-state index contributed by atoms with van der Waals surface area (Å²) < 4.78 is 0. The van der Waals surface area contributed by atoms with Crippen molar-refractivity contribution in [2.75, 3.05) is 0 Å². The molecule has 1 nitrogen and oxygen atoms in total. The van der Waals surface area contributed by atoms with Gasteiger partial charge in [-0.15, -0.1) is 0 Å². The lowest BCUT2D eigenvalue weighted by Crippen LogP contribution is -1.91. The van der Waals surface area contributed by atoms with Crippen molar-refractivity contribution < 1.29 is 5.11 Å². The van der Waals surface area contributed by atoms with Gasteiger partial charge in [0.15, 0.2) is 0 Å². The maximum atomic E-state index is 8.92. The SMILES string of the molecule is Cc1c([CH]O)cccc1C1CC1. The van der Waals surface area contributed by atoms with Crippen molar-refractivity contribution in [2.24, 2.45) is 0 Å². The lowest BCUT2D eigenvalue weighted by Gasteiger charge is -2.07. The quantitative estimate of drug-likeness (QED) is 0.707. The number of benzene rings is 1. The van der Waals surface area contributed by atoms with E-state index in [-0.39, 0.29) is 0 Å². The van der Waals surface area contributed by atoms with Crippen molar-refractivity contribution in [1.29, 1.82) is 0 Å². The molecule has 1 radical (unpaired) electrons. The van der Waals surface area contributed by atoms with E-state index >= 15 is 0 Å². The van der Waals surface area contributed by atoms with Crippen LogP contribution < -0.4 is 0 Å². The second-order valence-electron chi connectivity index (χ2n) is 3.46. The second-order valence-corrected chi connectivity index (χ2v) is 3.46. The minimum absolute atomic E-state index is 0.768. The van der Waals surface area contributed by atoms with Gasteiger partial charge in [-0.1, -0.05) is 18.2 Å². The van der Waals surface area contributed by atoms with Crippen molar-refractivity contribution in [3.05, 3.63) is 41.5 Å². The van der Waals surface area contributed by atoms with Gasteiger partial charge in [-0.3, -0.25) is 0 Å². The van der Waals surface area contributed by atoms with Crippen LogP contribution in [0.5, 0.6) is 0 Å². The van der Waals surface area contributed by atoms with Crippen LogP contribution in [0.2, 0.25) is 0 Å². The summed E-state index contributed by atoms with van der Waals surface area (Å²) >= 11 is 0. The lowest BCUT2D eigenvalue weighted by molar-refractivity contribution is 0.414. The van der Waals surface area contributed by atoms with E-state index in [1.54, 1.807) is 0 Å². The molecule has 63 valence electrons. The summed E-state index contributed by atoms with van der Waals surface area (Å²) in [6.45, 7) is 3.27. The monoisotopic (exact) mass is 161 g/mol. The second kappa shape index (κ2) is 2.91. The highest BCUT2D eigenvalue weighted by atomic mass is 16.3. The third-order valence-electron chi connectivity index (χ3n) is 2.57. The summed E-state index contributed by atoms with van der Waals surface area (Å²) in [5.41, 5.74) is 3.61. The molecule has 0 heterocycles. The molecule has 1 aromatic rings. The van der Waals surface area contributed by atoms with E-state index in [2.05, 4.69) is 13.0 Å². The molecule has 1 aromatic carbocycles. The Morgan fingerprint density at radius 2 is 2.17 bits per heavy atom. The molecule has 1 aliphatic rings. The molecular weight excluding hydrogens is 148 g/mol. The average molecular weight is 161 g/mol. The molecule has 1 N–H and O–H groups in total. The number of rotatable bonds is 2. The summed E-state index contributed by atoms with van der Waals surface area (Å²) in [6, 6.07) is 6.13. The minimum atomic E-state index is 0.768. The van der Waals surface area contributed by atoms with E-state index in [1.807, 2.05) is 12.1 Å². The normalized spacial score (nSPS) is 16.5. The molecule has 0 amide bonds. The van der Waals surface area contributed by atoms with Gasteiger partial charge in [0, 0.05) is 0 Å². The summed E-state index contributed by atoms with van der Waals surface area (Å²) in [4.78, 5) is 0. The fourth-order valence-corrected chi connectivity index (χ4v) is 1.65. The topological polar surface area (TPSA) is 20.2 Å². The molecule has 0 spiro atoms. The van der Waals surface area contributed by atoms with Crippen LogP contribution in [-0.4, -0.2) is 5.11 Å². The molecule has 12 heavy (non-hydrogen) atoms. The molecule has 0 aliphatic heterocycles. The van der Waals surface area contributed by atoms with E-state index in [0.717, 1.165) is 11.5 Å². The highest BCUT2D eigenvalue weighted by Crippen LogP contribution is 2.42. The average Bonchev–Trinajstić information content (AvgIpc) is 2.88. The predicted octanol–water partition coefficient (Wildman–Crippen LogP) is 2.75. The van der Waals surface area contributed by atoms with E-state index in [0.29, 0.717) is 0 Å². The van der Waals surface area contributed by atoms with Gasteiger partial charge in [0.1, 0.15) is 6.61 Å². The third kappa shape index (κ3) is 1.25. The zero-order chi connectivity index (χ0) is 8.55. The van der Waals surface area contributed by atoms with Gasteiger partial charge in [-0.25, -0.2) is 0 Å². The van der Waals surface area contributed by atoms with Gasteiger partial charge >= 0.3 is 0 Å². The Kier molecular flexibility index (Phi) is 1.89. The van der Waals surface area contributed by atoms with E-state index < -0.39 is 0 Å². The van der Waals surface area contributed by atoms with Crippen LogP contribution in [0.25, 0.3) is 0 Å². The molecule has 2 rings (SSSR count). The van der Waals surface area contributed by atoms with Gasteiger partial charge in [-0.05, 0) is 42.4 Å². The molecule has 0 atom stereocenters. The number of aliphatic hydroxyl groups is 1. The van der Waals surface area contributed by atoms with Gasteiger partial charge in [-0.2, -0.15) is 0 Å². The van der Waals surface area contributed by atoms with Gasteiger partial charge in [0.2, 0.25) is 0 Å². The predicted molar refractivity (Wildman–Crippen MR) is 48.5 cm³/mol.